The van der Waals surface area contributed by atoms with Crippen LogP contribution >= 0.6 is 0 Å². The molecule has 2 heterocycles. The van der Waals surface area contributed by atoms with Crippen molar-refractivity contribution < 1.29 is 24.2 Å². The average Bonchev–Trinajstić information content (AvgIpc) is 2.93. The summed E-state index contributed by atoms with van der Waals surface area (Å²) in [4.78, 5) is 24.8. The van der Waals surface area contributed by atoms with Crippen molar-refractivity contribution in [3.63, 3.8) is 0 Å². The second-order valence-corrected chi connectivity index (χ2v) is 4.75. The Morgan fingerprint density at radius 1 is 1.44 bits per heavy atom. The van der Waals surface area contributed by atoms with E-state index in [0.717, 1.165) is 0 Å². The number of amides is 1. The van der Waals surface area contributed by atoms with E-state index in [0.29, 0.717) is 19.6 Å². The Kier molecular flexibility index (Phi) is 3.84. The first-order valence-corrected chi connectivity index (χ1v) is 5.94. The van der Waals surface area contributed by atoms with Crippen LogP contribution in [0.25, 0.3) is 0 Å². The topological polar surface area (TPSA) is 102 Å². The van der Waals surface area contributed by atoms with Crippen LogP contribution in [0.2, 0.25) is 0 Å². The van der Waals surface area contributed by atoms with Gasteiger partial charge in [0, 0.05) is 26.1 Å². The third kappa shape index (κ3) is 2.33. The number of carboxylic acids is 1. The van der Waals surface area contributed by atoms with Crippen LogP contribution in [-0.4, -0.2) is 66.9 Å². The van der Waals surface area contributed by atoms with Gasteiger partial charge in [0.1, 0.15) is 6.04 Å². The van der Waals surface area contributed by atoms with Crippen molar-refractivity contribution >= 4 is 11.9 Å². The normalized spacial score (nSPS) is 36.0. The molecule has 0 aromatic heterocycles. The standard InChI is InChI=1S/C11H18N2O5/c1-17-6-2-9(11(15)16)13(3-6)10(14)7-4-18-5-8(7)12/h6-9H,2-5,12H2,1H3,(H,15,16). The Hall–Kier alpha value is -1.18. The highest BCUT2D eigenvalue weighted by atomic mass is 16.5. The quantitative estimate of drug-likeness (QED) is 0.649. The molecular weight excluding hydrogens is 240 g/mol. The first-order valence-electron chi connectivity index (χ1n) is 5.94. The van der Waals surface area contributed by atoms with E-state index >= 15 is 0 Å². The van der Waals surface area contributed by atoms with Crippen LogP contribution in [0.1, 0.15) is 6.42 Å². The van der Waals surface area contributed by atoms with E-state index < -0.39 is 17.9 Å². The number of hydrogen-bond donors (Lipinski definition) is 2. The summed E-state index contributed by atoms with van der Waals surface area (Å²) in [6.45, 7) is 0.908. The van der Waals surface area contributed by atoms with Crippen molar-refractivity contribution in [1.82, 2.24) is 4.90 Å². The molecule has 4 unspecified atom stereocenters. The molecule has 1 amide bonds. The lowest BCUT2D eigenvalue weighted by Gasteiger charge is -2.25. The first kappa shape index (κ1) is 13.3. The van der Waals surface area contributed by atoms with Gasteiger partial charge in [-0.05, 0) is 0 Å². The molecule has 0 radical (unpaired) electrons. The van der Waals surface area contributed by atoms with Gasteiger partial charge in [-0.2, -0.15) is 0 Å². The van der Waals surface area contributed by atoms with Gasteiger partial charge < -0.3 is 25.2 Å². The van der Waals surface area contributed by atoms with E-state index in [9.17, 15) is 9.59 Å². The summed E-state index contributed by atoms with van der Waals surface area (Å²) < 4.78 is 10.3. The van der Waals surface area contributed by atoms with Gasteiger partial charge in [-0.3, -0.25) is 4.79 Å². The SMILES string of the molecule is COC1CC(C(=O)O)N(C(=O)C2COCC2N)C1. The maximum absolute atomic E-state index is 12.3. The van der Waals surface area contributed by atoms with Gasteiger partial charge in [-0.1, -0.05) is 0 Å². The lowest BCUT2D eigenvalue weighted by Crippen LogP contribution is -2.48. The molecule has 0 aliphatic carbocycles. The number of nitrogens with two attached hydrogens (primary N) is 1. The summed E-state index contributed by atoms with van der Waals surface area (Å²) >= 11 is 0. The second-order valence-electron chi connectivity index (χ2n) is 4.75. The molecule has 0 bridgehead atoms. The molecule has 0 aromatic carbocycles. The Morgan fingerprint density at radius 2 is 2.17 bits per heavy atom. The molecule has 0 aromatic rings. The van der Waals surface area contributed by atoms with Crippen molar-refractivity contribution in [2.75, 3.05) is 26.9 Å². The van der Waals surface area contributed by atoms with Crippen LogP contribution in [0.3, 0.4) is 0 Å². The molecule has 0 spiro atoms. The van der Waals surface area contributed by atoms with Crippen molar-refractivity contribution in [2.45, 2.75) is 24.6 Å². The largest absolute Gasteiger partial charge is 0.480 e. The molecule has 102 valence electrons. The first-order chi connectivity index (χ1) is 8.54. The van der Waals surface area contributed by atoms with Gasteiger partial charge in [0.05, 0.1) is 25.2 Å². The molecule has 2 aliphatic rings. The Bertz CT molecular complexity index is 348. The number of likely N-dealkylation sites (tertiary alicyclic amines) is 1. The van der Waals surface area contributed by atoms with Crippen LogP contribution in [0.15, 0.2) is 0 Å². The maximum Gasteiger partial charge on any atom is 0.326 e. The van der Waals surface area contributed by atoms with Crippen LogP contribution in [0, 0.1) is 5.92 Å². The number of carbonyl (C=O) groups excluding carboxylic acids is 1. The van der Waals surface area contributed by atoms with Crippen LogP contribution < -0.4 is 5.73 Å². The molecule has 7 heteroatoms. The van der Waals surface area contributed by atoms with Gasteiger partial charge in [-0.25, -0.2) is 4.79 Å². The van der Waals surface area contributed by atoms with Crippen molar-refractivity contribution in [3.8, 4) is 0 Å². The van der Waals surface area contributed by atoms with Crippen LogP contribution in [0.5, 0.6) is 0 Å². The predicted octanol–water partition coefficient (Wildman–Crippen LogP) is -1.34. The maximum atomic E-state index is 12.3. The summed E-state index contributed by atoms with van der Waals surface area (Å²) in [7, 11) is 1.52. The number of carbonyl (C=O) groups is 2. The number of nitrogens with zero attached hydrogens (tertiary/aromatic N) is 1. The minimum Gasteiger partial charge on any atom is -0.480 e. The monoisotopic (exact) mass is 258 g/mol. The fraction of sp³-hybridized carbons (Fsp3) is 0.818. The van der Waals surface area contributed by atoms with E-state index in [1.165, 1.54) is 12.0 Å². The molecule has 0 saturated carbocycles. The van der Waals surface area contributed by atoms with Gasteiger partial charge in [-0.15, -0.1) is 0 Å². The molecule has 2 saturated heterocycles. The van der Waals surface area contributed by atoms with Crippen molar-refractivity contribution in [2.24, 2.45) is 11.7 Å². The highest BCUT2D eigenvalue weighted by Crippen LogP contribution is 2.25. The van der Waals surface area contributed by atoms with Crippen LogP contribution in [0.4, 0.5) is 0 Å². The predicted molar refractivity (Wildman–Crippen MR) is 60.8 cm³/mol. The third-order valence-electron chi connectivity index (χ3n) is 3.61. The number of rotatable bonds is 3. The van der Waals surface area contributed by atoms with Gasteiger partial charge >= 0.3 is 5.97 Å². The smallest absolute Gasteiger partial charge is 0.326 e. The number of methoxy groups -OCH3 is 1. The van der Waals surface area contributed by atoms with Crippen molar-refractivity contribution in [1.29, 1.82) is 0 Å². The summed E-state index contributed by atoms with van der Waals surface area (Å²) in [5.41, 5.74) is 5.79. The van der Waals surface area contributed by atoms with Crippen LogP contribution in [-0.2, 0) is 19.1 Å². The molecule has 7 nitrogen and oxygen atoms in total. The summed E-state index contributed by atoms with van der Waals surface area (Å²) in [5, 5.41) is 9.14. The van der Waals surface area contributed by atoms with Gasteiger partial charge in [0.2, 0.25) is 5.91 Å². The van der Waals surface area contributed by atoms with E-state index in [1.54, 1.807) is 0 Å². The fourth-order valence-electron chi connectivity index (χ4n) is 2.48. The lowest BCUT2D eigenvalue weighted by molar-refractivity contribution is -0.150. The second kappa shape index (κ2) is 5.21. The van der Waals surface area contributed by atoms with Gasteiger partial charge in [0.15, 0.2) is 0 Å². The molecule has 18 heavy (non-hydrogen) atoms. The minimum atomic E-state index is -1.00. The lowest BCUT2D eigenvalue weighted by atomic mass is 10.0. The zero-order chi connectivity index (χ0) is 13.3. The minimum absolute atomic E-state index is 0.228. The zero-order valence-electron chi connectivity index (χ0n) is 10.2. The molecule has 2 aliphatic heterocycles. The van der Waals surface area contributed by atoms with E-state index in [1.807, 2.05) is 0 Å². The molecule has 3 N–H and O–H groups in total. The highest BCUT2D eigenvalue weighted by Gasteiger charge is 2.44. The van der Waals surface area contributed by atoms with E-state index in [-0.39, 0.29) is 24.7 Å². The Balaban J connectivity index is 2.10. The Morgan fingerprint density at radius 3 is 2.67 bits per heavy atom. The fourth-order valence-corrected chi connectivity index (χ4v) is 2.48. The van der Waals surface area contributed by atoms with Crippen molar-refractivity contribution in [3.05, 3.63) is 0 Å². The summed E-state index contributed by atoms with van der Waals surface area (Å²) in [6.07, 6.45) is 0.0917. The zero-order valence-corrected chi connectivity index (χ0v) is 10.2. The highest BCUT2D eigenvalue weighted by molar-refractivity contribution is 5.86. The Labute approximate surface area is 105 Å². The number of ether oxygens (including phenoxy) is 2. The molecular formula is C11H18N2O5. The summed E-state index contributed by atoms with van der Waals surface area (Å²) in [5.74, 6) is -1.69. The number of hydrogen-bond acceptors (Lipinski definition) is 5. The average molecular weight is 258 g/mol. The third-order valence-corrected chi connectivity index (χ3v) is 3.61. The number of carboxylic acid groups (broad SMARTS) is 1. The van der Waals surface area contributed by atoms with E-state index in [4.69, 9.17) is 20.3 Å². The molecule has 4 atom stereocenters. The van der Waals surface area contributed by atoms with E-state index in [2.05, 4.69) is 0 Å². The van der Waals surface area contributed by atoms with Gasteiger partial charge in [0.25, 0.3) is 0 Å². The summed E-state index contributed by atoms with van der Waals surface area (Å²) in [6, 6.07) is -1.18. The molecule has 2 fully saturated rings. The number of aliphatic carboxylic acids is 1. The molecule has 2 rings (SSSR count).